The third-order valence-corrected chi connectivity index (χ3v) is 3.22. The van der Waals surface area contributed by atoms with Crippen LogP contribution in [0.25, 0.3) is 22.4 Å². The Bertz CT molecular complexity index is 728. The summed E-state index contributed by atoms with van der Waals surface area (Å²) in [5.74, 6) is 1.37. The molecule has 6 nitrogen and oxygen atoms in total. The van der Waals surface area contributed by atoms with E-state index in [9.17, 15) is 0 Å². The lowest BCUT2D eigenvalue weighted by Crippen LogP contribution is -2.16. The van der Waals surface area contributed by atoms with Gasteiger partial charge in [-0.1, -0.05) is 18.2 Å². The minimum Gasteiger partial charge on any atom is -0.489 e. The number of nitrogens with zero attached hydrogens (tertiary/aromatic N) is 3. The number of ether oxygens (including phenoxy) is 2. The molecule has 0 spiro atoms. The predicted octanol–water partition coefficient (Wildman–Crippen LogP) is 2.43. The summed E-state index contributed by atoms with van der Waals surface area (Å²) >= 11 is 0. The van der Waals surface area contributed by atoms with Crippen molar-refractivity contribution in [1.82, 2.24) is 20.2 Å². The minimum atomic E-state index is 0.0257. The molecule has 21 heavy (non-hydrogen) atoms. The van der Waals surface area contributed by atoms with Crippen LogP contribution >= 0.6 is 0 Å². The van der Waals surface area contributed by atoms with Crippen LogP contribution in [0, 0.1) is 0 Å². The zero-order valence-electron chi connectivity index (χ0n) is 11.9. The first-order valence-electron chi connectivity index (χ1n) is 6.69. The van der Waals surface area contributed by atoms with Crippen molar-refractivity contribution in [2.75, 3.05) is 13.7 Å². The lowest BCUT2D eigenvalue weighted by Gasteiger charge is -2.13. The smallest absolute Gasteiger partial charge is 0.174 e. The number of para-hydroxylation sites is 1. The molecule has 0 aliphatic carbocycles. The molecule has 0 amide bonds. The van der Waals surface area contributed by atoms with Crippen LogP contribution in [0.4, 0.5) is 0 Å². The summed E-state index contributed by atoms with van der Waals surface area (Å²) < 4.78 is 11.0. The summed E-state index contributed by atoms with van der Waals surface area (Å²) in [4.78, 5) is 8.74. The van der Waals surface area contributed by atoms with Crippen molar-refractivity contribution in [2.45, 2.75) is 13.0 Å². The van der Waals surface area contributed by atoms with Crippen molar-refractivity contribution in [3.05, 3.63) is 36.7 Å². The molecule has 2 aromatic heterocycles. The van der Waals surface area contributed by atoms with E-state index in [4.69, 9.17) is 9.47 Å². The van der Waals surface area contributed by atoms with Gasteiger partial charge in [-0.15, -0.1) is 0 Å². The van der Waals surface area contributed by atoms with E-state index in [1.807, 2.05) is 37.3 Å². The number of aromatic amines is 1. The van der Waals surface area contributed by atoms with Crippen LogP contribution in [0.3, 0.4) is 0 Å². The van der Waals surface area contributed by atoms with E-state index in [2.05, 4.69) is 20.2 Å². The summed E-state index contributed by atoms with van der Waals surface area (Å²) in [6, 6.07) is 9.75. The standard InChI is InChI=1S/C15H16N4O2/c1-10(20-2)8-21-13-5-3-4-11-6-7-12(18-14(11)13)15-16-9-17-19-15/h3-7,9-10H,8H2,1-2H3,(H,16,17,19)/t10-/m1/s1. The number of methoxy groups -OCH3 is 1. The third-order valence-electron chi connectivity index (χ3n) is 3.22. The molecule has 0 aliphatic rings. The van der Waals surface area contributed by atoms with Gasteiger partial charge in [-0.3, -0.25) is 5.10 Å². The molecule has 0 bridgehead atoms. The van der Waals surface area contributed by atoms with Gasteiger partial charge in [0.2, 0.25) is 0 Å². The number of aromatic nitrogens is 4. The Hall–Kier alpha value is -2.47. The molecular formula is C15H16N4O2. The van der Waals surface area contributed by atoms with Gasteiger partial charge in [0, 0.05) is 12.5 Å². The normalized spacial score (nSPS) is 12.5. The molecular weight excluding hydrogens is 268 g/mol. The van der Waals surface area contributed by atoms with Gasteiger partial charge in [-0.05, 0) is 19.1 Å². The van der Waals surface area contributed by atoms with Crippen LogP contribution in [0.1, 0.15) is 6.92 Å². The van der Waals surface area contributed by atoms with Crippen LogP contribution in [-0.2, 0) is 4.74 Å². The van der Waals surface area contributed by atoms with Crippen LogP contribution < -0.4 is 4.74 Å². The molecule has 1 atom stereocenters. The zero-order valence-corrected chi connectivity index (χ0v) is 11.9. The van der Waals surface area contributed by atoms with Crippen LogP contribution in [0.15, 0.2) is 36.7 Å². The van der Waals surface area contributed by atoms with Gasteiger partial charge in [0.15, 0.2) is 5.82 Å². The van der Waals surface area contributed by atoms with Gasteiger partial charge >= 0.3 is 0 Å². The fraction of sp³-hybridized carbons (Fsp3) is 0.267. The Morgan fingerprint density at radius 2 is 2.14 bits per heavy atom. The lowest BCUT2D eigenvalue weighted by molar-refractivity contribution is 0.0722. The third kappa shape index (κ3) is 2.85. The molecule has 0 unspecified atom stereocenters. The fourth-order valence-corrected chi connectivity index (χ4v) is 1.97. The van der Waals surface area contributed by atoms with E-state index in [1.54, 1.807) is 7.11 Å². The van der Waals surface area contributed by atoms with Gasteiger partial charge in [0.05, 0.1) is 6.10 Å². The molecule has 1 N–H and O–H groups in total. The second-order valence-corrected chi connectivity index (χ2v) is 4.72. The van der Waals surface area contributed by atoms with E-state index >= 15 is 0 Å². The maximum absolute atomic E-state index is 5.81. The first kappa shape index (κ1) is 13.5. The second kappa shape index (κ2) is 5.88. The Labute approximate surface area is 122 Å². The molecule has 108 valence electrons. The minimum absolute atomic E-state index is 0.0257. The fourth-order valence-electron chi connectivity index (χ4n) is 1.97. The number of rotatable bonds is 5. The van der Waals surface area contributed by atoms with E-state index in [-0.39, 0.29) is 6.10 Å². The van der Waals surface area contributed by atoms with Crippen LogP contribution in [0.5, 0.6) is 5.75 Å². The highest BCUT2D eigenvalue weighted by molar-refractivity contribution is 5.86. The average molecular weight is 284 g/mol. The Morgan fingerprint density at radius 3 is 2.90 bits per heavy atom. The van der Waals surface area contributed by atoms with E-state index in [0.717, 1.165) is 22.3 Å². The van der Waals surface area contributed by atoms with Crippen molar-refractivity contribution in [2.24, 2.45) is 0 Å². The van der Waals surface area contributed by atoms with Gasteiger partial charge in [-0.2, -0.15) is 5.10 Å². The maximum Gasteiger partial charge on any atom is 0.174 e. The number of hydrogen-bond acceptors (Lipinski definition) is 5. The summed E-state index contributed by atoms with van der Waals surface area (Å²) in [7, 11) is 1.66. The van der Waals surface area contributed by atoms with Crippen LogP contribution in [0.2, 0.25) is 0 Å². The molecule has 0 aliphatic heterocycles. The first-order chi connectivity index (χ1) is 10.3. The van der Waals surface area contributed by atoms with E-state index in [0.29, 0.717) is 12.4 Å². The molecule has 3 aromatic rings. The molecule has 1 aromatic carbocycles. The number of H-pyrrole nitrogens is 1. The molecule has 3 rings (SSSR count). The highest BCUT2D eigenvalue weighted by Crippen LogP contribution is 2.26. The molecule has 0 fully saturated rings. The van der Waals surface area contributed by atoms with Crippen molar-refractivity contribution >= 4 is 10.9 Å². The first-order valence-corrected chi connectivity index (χ1v) is 6.69. The molecule has 2 heterocycles. The monoisotopic (exact) mass is 284 g/mol. The second-order valence-electron chi connectivity index (χ2n) is 4.72. The molecule has 0 saturated heterocycles. The van der Waals surface area contributed by atoms with Gasteiger partial charge in [-0.25, -0.2) is 9.97 Å². The predicted molar refractivity (Wildman–Crippen MR) is 79.1 cm³/mol. The quantitative estimate of drug-likeness (QED) is 0.779. The van der Waals surface area contributed by atoms with Crippen molar-refractivity contribution in [3.8, 4) is 17.3 Å². The maximum atomic E-state index is 5.81. The summed E-state index contributed by atoms with van der Waals surface area (Å²) in [5, 5.41) is 7.67. The number of pyridine rings is 1. The summed E-state index contributed by atoms with van der Waals surface area (Å²) in [5.41, 5.74) is 1.53. The zero-order chi connectivity index (χ0) is 14.7. The van der Waals surface area contributed by atoms with Gasteiger partial charge < -0.3 is 9.47 Å². The van der Waals surface area contributed by atoms with E-state index < -0.39 is 0 Å². The molecule has 6 heteroatoms. The van der Waals surface area contributed by atoms with Gasteiger partial charge in [0.25, 0.3) is 0 Å². The SMILES string of the molecule is CO[C@H](C)COc1cccc2ccc(-c3ncn[nH]3)nc12. The topological polar surface area (TPSA) is 72.9 Å². The largest absolute Gasteiger partial charge is 0.489 e. The summed E-state index contributed by atoms with van der Waals surface area (Å²) in [6.07, 6.45) is 1.49. The van der Waals surface area contributed by atoms with Crippen molar-refractivity contribution < 1.29 is 9.47 Å². The molecule has 0 saturated carbocycles. The van der Waals surface area contributed by atoms with Crippen molar-refractivity contribution in [3.63, 3.8) is 0 Å². The summed E-state index contributed by atoms with van der Waals surface area (Å²) in [6.45, 7) is 2.43. The van der Waals surface area contributed by atoms with E-state index in [1.165, 1.54) is 6.33 Å². The lowest BCUT2D eigenvalue weighted by atomic mass is 10.2. The Kier molecular flexibility index (Phi) is 3.79. The highest BCUT2D eigenvalue weighted by Gasteiger charge is 2.09. The molecule has 0 radical (unpaired) electrons. The number of hydrogen-bond donors (Lipinski definition) is 1. The van der Waals surface area contributed by atoms with Gasteiger partial charge in [0.1, 0.15) is 29.9 Å². The Morgan fingerprint density at radius 1 is 1.24 bits per heavy atom. The van der Waals surface area contributed by atoms with Crippen LogP contribution in [-0.4, -0.2) is 40.0 Å². The number of fused-ring (bicyclic) bond motifs is 1. The number of benzene rings is 1. The average Bonchev–Trinajstić information content (AvgIpc) is 3.06. The highest BCUT2D eigenvalue weighted by atomic mass is 16.5. The van der Waals surface area contributed by atoms with Crippen molar-refractivity contribution in [1.29, 1.82) is 0 Å². The Balaban J connectivity index is 1.98. The number of nitrogens with one attached hydrogen (secondary N) is 1.